The van der Waals surface area contributed by atoms with Crippen LogP contribution in [0.5, 0.6) is 0 Å². The van der Waals surface area contributed by atoms with E-state index in [-0.39, 0.29) is 0 Å². The van der Waals surface area contributed by atoms with E-state index in [1.54, 1.807) is 0 Å². The number of hydrogen-bond donors (Lipinski definition) is 0. The molecule has 13 heavy (non-hydrogen) atoms. The van der Waals surface area contributed by atoms with Crippen molar-refractivity contribution in [2.45, 2.75) is 38.2 Å². The maximum Gasteiger partial charge on any atom is 0.222 e. The number of nitrogens with zero attached hydrogens (tertiary/aromatic N) is 1. The summed E-state index contributed by atoms with van der Waals surface area (Å²) in [7, 11) is 0. The molecule has 0 aromatic carbocycles. The van der Waals surface area contributed by atoms with E-state index in [0.717, 1.165) is 0 Å². The van der Waals surface area contributed by atoms with Crippen LogP contribution >= 0.6 is 0 Å². The Morgan fingerprint density at radius 3 is 2.31 bits per heavy atom. The Balaban J connectivity index is 1.90. The van der Waals surface area contributed by atoms with Gasteiger partial charge in [0.25, 0.3) is 0 Å². The van der Waals surface area contributed by atoms with E-state index in [9.17, 15) is 0 Å². The van der Waals surface area contributed by atoms with Gasteiger partial charge in [-0.1, -0.05) is 12.5 Å². The molecular weight excluding hydrogens is 162 g/mol. The van der Waals surface area contributed by atoms with Gasteiger partial charge in [-0.15, -0.1) is 0 Å². The predicted molar refractivity (Wildman–Crippen MR) is 50.1 cm³/mol. The van der Waals surface area contributed by atoms with E-state index in [1.807, 2.05) is 35.3 Å². The maximum atomic E-state index is 5.77. The average molecular weight is 178 g/mol. The minimum Gasteiger partial charge on any atom is -0.268 e. The van der Waals surface area contributed by atoms with Crippen molar-refractivity contribution in [3.8, 4) is 0 Å². The molecule has 0 aliphatic heterocycles. The van der Waals surface area contributed by atoms with Crippen molar-refractivity contribution in [2.24, 2.45) is 0 Å². The lowest BCUT2D eigenvalue weighted by Crippen LogP contribution is -2.47. The van der Waals surface area contributed by atoms with Crippen molar-refractivity contribution in [3.63, 3.8) is 0 Å². The van der Waals surface area contributed by atoms with Gasteiger partial charge in [-0.2, -0.15) is 0 Å². The van der Waals surface area contributed by atoms with E-state index < -0.39 is 0 Å². The van der Waals surface area contributed by atoms with Crippen LogP contribution in [0.1, 0.15) is 32.1 Å². The van der Waals surface area contributed by atoms with Crippen LogP contribution in [0.4, 0.5) is 0 Å². The van der Waals surface area contributed by atoms with Crippen molar-refractivity contribution < 1.29 is 9.57 Å². The first-order valence-electron chi connectivity index (χ1n) is 5.08. The fraction of sp³-hybridized carbons (Fsp3) is 0.545. The highest BCUT2D eigenvalue weighted by Crippen LogP contribution is 2.17. The molecule has 1 fully saturated rings. The monoisotopic (exact) mass is 178 g/mol. The molecule has 1 aliphatic carbocycles. The van der Waals surface area contributed by atoms with Crippen molar-refractivity contribution in [3.05, 3.63) is 30.6 Å². The van der Waals surface area contributed by atoms with Gasteiger partial charge in [-0.25, -0.2) is 0 Å². The van der Waals surface area contributed by atoms with Gasteiger partial charge in [0, 0.05) is 16.9 Å². The normalized spacial score (nSPS) is 18.5. The molecule has 1 saturated carbocycles. The first-order chi connectivity index (χ1) is 6.45. The summed E-state index contributed by atoms with van der Waals surface area (Å²) in [5, 5.41) is 0. The number of rotatable bonds is 2. The molecule has 1 aliphatic rings. The Bertz CT molecular complexity index is 242. The van der Waals surface area contributed by atoms with Gasteiger partial charge in [0.05, 0.1) is 0 Å². The lowest BCUT2D eigenvalue weighted by molar-refractivity contribution is -0.899. The van der Waals surface area contributed by atoms with E-state index in [2.05, 4.69) is 0 Å². The lowest BCUT2D eigenvalue weighted by Gasteiger charge is -2.17. The zero-order chi connectivity index (χ0) is 8.93. The van der Waals surface area contributed by atoms with Crippen LogP contribution < -0.4 is 9.57 Å². The Labute approximate surface area is 79.1 Å². The summed E-state index contributed by atoms with van der Waals surface area (Å²) in [6.45, 7) is 0. The highest BCUT2D eigenvalue weighted by atomic mass is 16.7. The smallest absolute Gasteiger partial charge is 0.222 e. The van der Waals surface area contributed by atoms with Crippen molar-refractivity contribution in [1.82, 2.24) is 0 Å². The fourth-order valence-electron chi connectivity index (χ4n) is 1.80. The summed E-state index contributed by atoms with van der Waals surface area (Å²) in [6.07, 6.45) is 10.8. The summed E-state index contributed by atoms with van der Waals surface area (Å²) in [5.41, 5.74) is 0. The van der Waals surface area contributed by atoms with Crippen molar-refractivity contribution in [2.75, 3.05) is 0 Å². The van der Waals surface area contributed by atoms with Gasteiger partial charge < -0.3 is 0 Å². The summed E-state index contributed by atoms with van der Waals surface area (Å²) >= 11 is 0. The summed E-state index contributed by atoms with van der Waals surface area (Å²) in [5.74, 6) is 0. The Morgan fingerprint density at radius 2 is 1.62 bits per heavy atom. The Morgan fingerprint density at radius 1 is 0.923 bits per heavy atom. The van der Waals surface area contributed by atoms with Crippen molar-refractivity contribution in [1.29, 1.82) is 0 Å². The van der Waals surface area contributed by atoms with Crippen molar-refractivity contribution >= 4 is 0 Å². The van der Waals surface area contributed by atoms with Crippen LogP contribution in [-0.4, -0.2) is 6.10 Å². The summed E-state index contributed by atoms with van der Waals surface area (Å²) in [6, 6.07) is 5.98. The molecule has 0 spiro atoms. The van der Waals surface area contributed by atoms with Gasteiger partial charge in [0.15, 0.2) is 6.10 Å². The second-order valence-corrected chi connectivity index (χ2v) is 3.60. The molecule has 2 heteroatoms. The van der Waals surface area contributed by atoms with E-state index in [1.165, 1.54) is 32.1 Å². The molecule has 1 heterocycles. The third-order valence-electron chi connectivity index (χ3n) is 2.51. The number of hydrogen-bond acceptors (Lipinski definition) is 1. The molecule has 1 aromatic heterocycles. The molecule has 0 amide bonds. The molecule has 0 atom stereocenters. The number of aromatic nitrogens is 1. The van der Waals surface area contributed by atoms with Crippen LogP contribution in [0.2, 0.25) is 0 Å². The molecule has 0 radical (unpaired) electrons. The SMILES string of the molecule is c1cc[n+](OC2CCCCC2)cc1. The van der Waals surface area contributed by atoms with Gasteiger partial charge in [0.2, 0.25) is 12.4 Å². The van der Waals surface area contributed by atoms with Gasteiger partial charge in [-0.05, 0) is 25.7 Å². The average Bonchev–Trinajstić information content (AvgIpc) is 2.21. The molecule has 0 bridgehead atoms. The Hall–Kier alpha value is -1.05. The molecule has 2 rings (SSSR count). The molecule has 1 aromatic rings. The molecule has 0 unspecified atom stereocenters. The van der Waals surface area contributed by atoms with Crippen LogP contribution in [0.25, 0.3) is 0 Å². The van der Waals surface area contributed by atoms with Crippen LogP contribution in [0.15, 0.2) is 30.6 Å². The first kappa shape index (κ1) is 8.54. The second-order valence-electron chi connectivity index (χ2n) is 3.60. The standard InChI is InChI=1S/C11H16NO/c1-3-7-11(8-4-1)13-12-9-5-2-6-10-12/h2,5-6,9-11H,1,3-4,7-8H2/q+1. The van der Waals surface area contributed by atoms with Gasteiger partial charge >= 0.3 is 0 Å². The van der Waals surface area contributed by atoms with E-state index in [4.69, 9.17) is 4.84 Å². The van der Waals surface area contributed by atoms with Gasteiger partial charge in [-0.3, -0.25) is 4.84 Å². The zero-order valence-electron chi connectivity index (χ0n) is 7.86. The first-order valence-corrected chi connectivity index (χ1v) is 5.08. The zero-order valence-corrected chi connectivity index (χ0v) is 7.86. The number of pyridine rings is 1. The molecule has 0 N–H and O–H groups in total. The van der Waals surface area contributed by atoms with Gasteiger partial charge in [0.1, 0.15) is 0 Å². The largest absolute Gasteiger partial charge is 0.268 e. The maximum absolute atomic E-state index is 5.77. The minimum absolute atomic E-state index is 0.432. The molecule has 0 saturated heterocycles. The van der Waals surface area contributed by atoms with Crippen LogP contribution in [0.3, 0.4) is 0 Å². The summed E-state index contributed by atoms with van der Waals surface area (Å²) < 4.78 is 1.82. The van der Waals surface area contributed by atoms with E-state index >= 15 is 0 Å². The fourth-order valence-corrected chi connectivity index (χ4v) is 1.80. The lowest BCUT2D eigenvalue weighted by atomic mass is 9.98. The molecule has 2 nitrogen and oxygen atoms in total. The third kappa shape index (κ3) is 2.44. The minimum atomic E-state index is 0.432. The van der Waals surface area contributed by atoms with E-state index in [0.29, 0.717) is 6.10 Å². The summed E-state index contributed by atoms with van der Waals surface area (Å²) in [4.78, 5) is 5.77. The second kappa shape index (κ2) is 4.26. The molecule has 70 valence electrons. The van der Waals surface area contributed by atoms with Crippen LogP contribution in [0, 0.1) is 0 Å². The highest BCUT2D eigenvalue weighted by molar-refractivity contribution is 4.83. The van der Waals surface area contributed by atoms with Crippen LogP contribution in [-0.2, 0) is 0 Å². The molecular formula is C11H16NO+. The Kier molecular flexibility index (Phi) is 2.80. The predicted octanol–water partition coefficient (Wildman–Crippen LogP) is 1.74. The topological polar surface area (TPSA) is 13.1 Å². The third-order valence-corrected chi connectivity index (χ3v) is 2.51. The quantitative estimate of drug-likeness (QED) is 0.629. The highest BCUT2D eigenvalue weighted by Gasteiger charge is 2.18.